The predicted octanol–water partition coefficient (Wildman–Crippen LogP) is 1.77. The van der Waals surface area contributed by atoms with Gasteiger partial charge in [-0.25, -0.2) is 13.1 Å². The average molecular weight is 343 g/mol. The maximum atomic E-state index is 11.8. The minimum atomic E-state index is -3.43. The van der Waals surface area contributed by atoms with Crippen LogP contribution in [-0.2, 0) is 10.0 Å². The number of rotatable bonds is 5. The molecule has 8 heteroatoms. The molecule has 0 aliphatic heterocycles. The number of nitrogens with two attached hydrogens (primary N) is 1. The van der Waals surface area contributed by atoms with Gasteiger partial charge in [0, 0.05) is 13.0 Å². The standard InChI is InChI=1S/C8H11BrN2O2S3/c1-5-4-7(15-8(5)9)16(12,13)11-3-2-6(10)14/h4,11H,2-3H2,1H3,(H2,10,14). The number of sulfonamides is 1. The summed E-state index contributed by atoms with van der Waals surface area (Å²) in [6.07, 6.45) is 0.361. The van der Waals surface area contributed by atoms with E-state index in [9.17, 15) is 8.42 Å². The Morgan fingerprint density at radius 1 is 1.69 bits per heavy atom. The summed E-state index contributed by atoms with van der Waals surface area (Å²) in [5.74, 6) is 0. The first-order valence-corrected chi connectivity index (χ1v) is 7.87. The van der Waals surface area contributed by atoms with Gasteiger partial charge in [0.25, 0.3) is 0 Å². The van der Waals surface area contributed by atoms with Crippen molar-refractivity contribution in [1.82, 2.24) is 4.72 Å². The summed E-state index contributed by atoms with van der Waals surface area (Å²) in [6, 6.07) is 1.62. The van der Waals surface area contributed by atoms with Gasteiger partial charge in [-0.3, -0.25) is 0 Å². The van der Waals surface area contributed by atoms with Crippen LogP contribution in [-0.4, -0.2) is 20.0 Å². The summed E-state index contributed by atoms with van der Waals surface area (Å²) >= 11 is 9.13. The van der Waals surface area contributed by atoms with Crippen molar-refractivity contribution in [2.24, 2.45) is 5.73 Å². The quantitative estimate of drug-likeness (QED) is 0.800. The van der Waals surface area contributed by atoms with E-state index in [1.807, 2.05) is 6.92 Å². The number of thiocarbonyl (C=S) groups is 1. The van der Waals surface area contributed by atoms with Crippen LogP contribution in [0.5, 0.6) is 0 Å². The highest BCUT2D eigenvalue weighted by Gasteiger charge is 2.17. The van der Waals surface area contributed by atoms with Crippen LogP contribution in [0.15, 0.2) is 14.1 Å². The Balaban J connectivity index is 2.74. The molecule has 90 valence electrons. The first kappa shape index (κ1) is 14.0. The van der Waals surface area contributed by atoms with Gasteiger partial charge in [-0.05, 0) is 34.5 Å². The van der Waals surface area contributed by atoms with E-state index < -0.39 is 10.0 Å². The van der Waals surface area contributed by atoms with Crippen LogP contribution in [0, 0.1) is 6.92 Å². The highest BCUT2D eigenvalue weighted by Crippen LogP contribution is 2.30. The highest BCUT2D eigenvalue weighted by molar-refractivity contribution is 9.11. The Kier molecular flexibility index (Phi) is 4.87. The van der Waals surface area contributed by atoms with Crippen molar-refractivity contribution in [2.45, 2.75) is 17.6 Å². The molecule has 0 aliphatic carbocycles. The van der Waals surface area contributed by atoms with Crippen molar-refractivity contribution in [3.63, 3.8) is 0 Å². The van der Waals surface area contributed by atoms with Crippen molar-refractivity contribution in [1.29, 1.82) is 0 Å². The Morgan fingerprint density at radius 3 is 2.75 bits per heavy atom. The van der Waals surface area contributed by atoms with Crippen molar-refractivity contribution in [3.05, 3.63) is 15.4 Å². The molecular weight excluding hydrogens is 332 g/mol. The maximum Gasteiger partial charge on any atom is 0.250 e. The van der Waals surface area contributed by atoms with Crippen LogP contribution in [0.1, 0.15) is 12.0 Å². The molecular formula is C8H11BrN2O2S3. The molecule has 1 rings (SSSR count). The molecule has 1 heterocycles. The highest BCUT2D eigenvalue weighted by atomic mass is 79.9. The summed E-state index contributed by atoms with van der Waals surface area (Å²) in [7, 11) is -3.43. The largest absolute Gasteiger partial charge is 0.393 e. The molecule has 1 aromatic heterocycles. The molecule has 0 radical (unpaired) electrons. The van der Waals surface area contributed by atoms with Crippen molar-refractivity contribution in [3.8, 4) is 0 Å². The number of halogens is 1. The second-order valence-corrected chi connectivity index (χ2v) is 8.02. The molecule has 0 aromatic carbocycles. The summed E-state index contributed by atoms with van der Waals surface area (Å²) in [4.78, 5) is 0.297. The average Bonchev–Trinajstić information content (AvgIpc) is 2.46. The van der Waals surface area contributed by atoms with E-state index in [4.69, 9.17) is 5.73 Å². The fourth-order valence-electron chi connectivity index (χ4n) is 0.944. The third kappa shape index (κ3) is 3.77. The molecule has 1 aromatic rings. The molecule has 0 saturated carbocycles. The third-order valence-corrected chi connectivity index (χ3v) is 6.04. The topological polar surface area (TPSA) is 72.2 Å². The molecule has 0 saturated heterocycles. The second kappa shape index (κ2) is 5.54. The van der Waals surface area contributed by atoms with Crippen LogP contribution in [0.4, 0.5) is 0 Å². The van der Waals surface area contributed by atoms with Gasteiger partial charge in [-0.1, -0.05) is 12.2 Å². The number of aryl methyl sites for hydroxylation is 1. The summed E-state index contributed by atoms with van der Waals surface area (Å²) < 4.78 is 27.1. The second-order valence-electron chi connectivity index (χ2n) is 3.14. The lowest BCUT2D eigenvalue weighted by Crippen LogP contribution is -2.26. The van der Waals surface area contributed by atoms with Crippen LogP contribution >= 0.6 is 39.5 Å². The SMILES string of the molecule is Cc1cc(S(=O)(=O)NCCC(N)=S)sc1Br. The fraction of sp³-hybridized carbons (Fsp3) is 0.375. The molecule has 0 fully saturated rings. The molecule has 0 unspecified atom stereocenters. The maximum absolute atomic E-state index is 11.8. The molecule has 3 N–H and O–H groups in total. The molecule has 16 heavy (non-hydrogen) atoms. The van der Waals surface area contributed by atoms with Gasteiger partial charge in [-0.15, -0.1) is 11.3 Å². The van der Waals surface area contributed by atoms with Crippen LogP contribution in [0.2, 0.25) is 0 Å². The lowest BCUT2D eigenvalue weighted by molar-refractivity contribution is 0.585. The number of nitrogens with one attached hydrogen (secondary N) is 1. The van der Waals surface area contributed by atoms with Crippen molar-refractivity contribution >= 4 is 54.5 Å². The normalized spacial score (nSPS) is 11.6. The van der Waals surface area contributed by atoms with Gasteiger partial charge in [0.1, 0.15) is 4.21 Å². The van der Waals surface area contributed by atoms with E-state index >= 15 is 0 Å². The van der Waals surface area contributed by atoms with Crippen molar-refractivity contribution in [2.75, 3.05) is 6.54 Å². The molecule has 0 bridgehead atoms. The van der Waals surface area contributed by atoms with Gasteiger partial charge < -0.3 is 5.73 Å². The summed E-state index contributed by atoms with van der Waals surface area (Å²) in [5.41, 5.74) is 6.18. The Hall–Kier alpha value is -0.0200. The van der Waals surface area contributed by atoms with Gasteiger partial charge in [0.05, 0.1) is 8.77 Å². The van der Waals surface area contributed by atoms with Gasteiger partial charge in [-0.2, -0.15) is 0 Å². The number of hydrogen-bond donors (Lipinski definition) is 2. The Bertz CT molecular complexity index is 476. The lowest BCUT2D eigenvalue weighted by Gasteiger charge is -2.03. The van der Waals surface area contributed by atoms with Gasteiger partial charge in [0.15, 0.2) is 0 Å². The Labute approximate surface area is 112 Å². The first-order chi connectivity index (χ1) is 7.33. The van der Waals surface area contributed by atoms with Crippen molar-refractivity contribution < 1.29 is 8.42 Å². The van der Waals surface area contributed by atoms with E-state index in [1.165, 1.54) is 11.3 Å². The van der Waals surface area contributed by atoms with Crippen LogP contribution in [0.3, 0.4) is 0 Å². The molecule has 0 spiro atoms. The molecule has 0 atom stereocenters. The van der Waals surface area contributed by atoms with E-state index in [-0.39, 0.29) is 6.54 Å². The third-order valence-electron chi connectivity index (χ3n) is 1.76. The van der Waals surface area contributed by atoms with Gasteiger partial charge in [0.2, 0.25) is 10.0 Å². The predicted molar refractivity (Wildman–Crippen MR) is 73.3 cm³/mol. The first-order valence-electron chi connectivity index (χ1n) is 4.37. The minimum Gasteiger partial charge on any atom is -0.393 e. The van der Waals surface area contributed by atoms with Gasteiger partial charge >= 0.3 is 0 Å². The summed E-state index contributed by atoms with van der Waals surface area (Å²) in [5, 5.41) is 0. The van der Waals surface area contributed by atoms with E-state index in [1.54, 1.807) is 6.07 Å². The lowest BCUT2D eigenvalue weighted by atomic mass is 10.4. The van der Waals surface area contributed by atoms with E-state index in [2.05, 4.69) is 32.9 Å². The number of thiophene rings is 1. The Morgan fingerprint density at radius 2 is 2.31 bits per heavy atom. The zero-order chi connectivity index (χ0) is 12.3. The smallest absolute Gasteiger partial charge is 0.250 e. The molecule has 4 nitrogen and oxygen atoms in total. The summed E-state index contributed by atoms with van der Waals surface area (Å²) in [6.45, 7) is 2.07. The monoisotopic (exact) mass is 342 g/mol. The van der Waals surface area contributed by atoms with Crippen LogP contribution < -0.4 is 10.5 Å². The zero-order valence-electron chi connectivity index (χ0n) is 8.49. The minimum absolute atomic E-state index is 0.228. The number of hydrogen-bond acceptors (Lipinski definition) is 4. The zero-order valence-corrected chi connectivity index (χ0v) is 12.5. The van der Waals surface area contributed by atoms with Crippen LogP contribution in [0.25, 0.3) is 0 Å². The fourth-order valence-corrected chi connectivity index (χ4v) is 4.35. The molecule has 0 amide bonds. The van der Waals surface area contributed by atoms with E-state index in [0.29, 0.717) is 15.6 Å². The van der Waals surface area contributed by atoms with E-state index in [0.717, 1.165) is 9.35 Å². The molecule has 0 aliphatic rings.